The summed E-state index contributed by atoms with van der Waals surface area (Å²) < 4.78 is 6.35. The van der Waals surface area contributed by atoms with Gasteiger partial charge in [-0.3, -0.25) is 0 Å². The second kappa shape index (κ2) is 8.00. The minimum absolute atomic E-state index is 1.27. The van der Waals surface area contributed by atoms with Crippen LogP contribution < -0.4 is 0 Å². The van der Waals surface area contributed by atoms with Gasteiger partial charge in [-0.15, -0.1) is 0 Å². The molecule has 16 heavy (non-hydrogen) atoms. The molecule has 0 saturated heterocycles. The van der Waals surface area contributed by atoms with Crippen LogP contribution in [0, 0.1) is 0 Å². The zero-order valence-corrected chi connectivity index (χ0v) is 14.7. The van der Waals surface area contributed by atoms with Crippen molar-refractivity contribution in [1.29, 1.82) is 0 Å². The van der Waals surface area contributed by atoms with Crippen molar-refractivity contribution in [3.8, 4) is 0 Å². The van der Waals surface area contributed by atoms with Gasteiger partial charge in [0.2, 0.25) is 0 Å². The molecule has 0 radical (unpaired) electrons. The normalized spacial score (nSPS) is 18.9. The first-order valence-corrected chi connectivity index (χ1v) is 15.5. The third-order valence-electron chi connectivity index (χ3n) is 4.71. The minimum atomic E-state index is -1.72. The molecule has 1 rings (SSSR count). The van der Waals surface area contributed by atoms with E-state index in [1.165, 1.54) is 29.6 Å². The van der Waals surface area contributed by atoms with E-state index in [0.29, 0.717) is 0 Å². The SMILES string of the molecule is CC[CH2][Sn]([CH2]CC)([CH2]CC)[CH]1CCCCC1. The fourth-order valence-electron chi connectivity index (χ4n) is 4.20. The summed E-state index contributed by atoms with van der Waals surface area (Å²) in [5.74, 6) is 0. The Kier molecular flexibility index (Phi) is 7.43. The van der Waals surface area contributed by atoms with Gasteiger partial charge in [0.05, 0.1) is 0 Å². The third kappa shape index (κ3) is 3.92. The van der Waals surface area contributed by atoms with E-state index >= 15 is 0 Å². The summed E-state index contributed by atoms with van der Waals surface area (Å²) in [5.41, 5.74) is 0. The molecule has 0 unspecified atom stereocenters. The first-order valence-electron chi connectivity index (χ1n) is 7.79. The molecule has 0 nitrogen and oxygen atoms in total. The van der Waals surface area contributed by atoms with Crippen molar-refractivity contribution in [2.75, 3.05) is 0 Å². The molecule has 0 N–H and O–H groups in total. The summed E-state index contributed by atoms with van der Waals surface area (Å²) >= 11 is -1.72. The molecule has 1 fully saturated rings. The van der Waals surface area contributed by atoms with Crippen LogP contribution in [0.25, 0.3) is 0 Å². The van der Waals surface area contributed by atoms with Crippen LogP contribution in [0.2, 0.25) is 17.2 Å². The van der Waals surface area contributed by atoms with E-state index in [1.54, 1.807) is 39.0 Å². The van der Waals surface area contributed by atoms with E-state index in [0.717, 1.165) is 0 Å². The van der Waals surface area contributed by atoms with Gasteiger partial charge in [-0.05, 0) is 0 Å². The van der Waals surface area contributed by atoms with Crippen LogP contribution in [0.5, 0.6) is 0 Å². The molecule has 96 valence electrons. The third-order valence-corrected chi connectivity index (χ3v) is 24.1. The second-order valence-electron chi connectivity index (χ2n) is 5.95. The van der Waals surface area contributed by atoms with Crippen molar-refractivity contribution < 1.29 is 0 Å². The van der Waals surface area contributed by atoms with Gasteiger partial charge < -0.3 is 0 Å². The molecular formula is C15H32Sn. The quantitative estimate of drug-likeness (QED) is 0.502. The van der Waals surface area contributed by atoms with Crippen LogP contribution in [0.15, 0.2) is 0 Å². The summed E-state index contributed by atoms with van der Waals surface area (Å²) in [5, 5.41) is 0. The van der Waals surface area contributed by atoms with Gasteiger partial charge in [-0.1, -0.05) is 0 Å². The first-order chi connectivity index (χ1) is 7.79. The summed E-state index contributed by atoms with van der Waals surface area (Å²) in [6, 6.07) is 0. The summed E-state index contributed by atoms with van der Waals surface area (Å²) in [6.07, 6.45) is 12.3. The Morgan fingerprint density at radius 1 is 0.750 bits per heavy atom. The van der Waals surface area contributed by atoms with Gasteiger partial charge in [-0.25, -0.2) is 0 Å². The average molecular weight is 331 g/mol. The van der Waals surface area contributed by atoms with Crippen LogP contribution in [-0.2, 0) is 0 Å². The van der Waals surface area contributed by atoms with E-state index in [4.69, 9.17) is 0 Å². The van der Waals surface area contributed by atoms with Crippen LogP contribution >= 0.6 is 0 Å². The van der Waals surface area contributed by atoms with E-state index in [9.17, 15) is 0 Å². The molecule has 1 aliphatic rings. The van der Waals surface area contributed by atoms with Crippen molar-refractivity contribution in [1.82, 2.24) is 0 Å². The molecule has 0 atom stereocenters. The fraction of sp³-hybridized carbons (Fsp3) is 1.00. The van der Waals surface area contributed by atoms with Crippen molar-refractivity contribution in [2.45, 2.75) is 89.4 Å². The van der Waals surface area contributed by atoms with Crippen molar-refractivity contribution >= 4 is 18.4 Å². The van der Waals surface area contributed by atoms with Crippen LogP contribution in [0.1, 0.15) is 72.1 Å². The second-order valence-corrected chi connectivity index (χ2v) is 20.3. The predicted octanol–water partition coefficient (Wildman–Crippen LogP) is 6.00. The van der Waals surface area contributed by atoms with Gasteiger partial charge in [0.1, 0.15) is 0 Å². The van der Waals surface area contributed by atoms with Crippen molar-refractivity contribution in [2.24, 2.45) is 0 Å². The van der Waals surface area contributed by atoms with Gasteiger partial charge in [0.15, 0.2) is 0 Å². The number of hydrogen-bond acceptors (Lipinski definition) is 0. The molecule has 0 bridgehead atoms. The molecule has 0 amide bonds. The van der Waals surface area contributed by atoms with E-state index < -0.39 is 18.4 Å². The van der Waals surface area contributed by atoms with E-state index in [-0.39, 0.29) is 0 Å². The Balaban J connectivity index is 2.70. The molecule has 0 aliphatic heterocycles. The molecule has 1 saturated carbocycles. The first kappa shape index (κ1) is 14.9. The van der Waals surface area contributed by atoms with Gasteiger partial charge in [-0.2, -0.15) is 0 Å². The van der Waals surface area contributed by atoms with Crippen LogP contribution in [-0.4, -0.2) is 18.4 Å². The average Bonchev–Trinajstić information content (AvgIpc) is 2.31. The predicted molar refractivity (Wildman–Crippen MR) is 77.9 cm³/mol. The topological polar surface area (TPSA) is 0 Å². The summed E-state index contributed by atoms with van der Waals surface area (Å²) in [7, 11) is 0. The van der Waals surface area contributed by atoms with E-state index in [1.807, 2.05) is 0 Å². The molecule has 0 aromatic heterocycles. The van der Waals surface area contributed by atoms with Crippen molar-refractivity contribution in [3.63, 3.8) is 0 Å². The maximum absolute atomic E-state index is 2.43. The molecule has 1 heteroatoms. The van der Waals surface area contributed by atoms with Crippen LogP contribution in [0.4, 0.5) is 0 Å². The standard InChI is InChI=1S/C6H11.3C3H7.Sn/c1-2-4-6-5-3-1;3*1-3-2;/h1H,2-6H2;3*1,3H2,2H3;. The molecule has 0 aromatic rings. The Bertz CT molecular complexity index is 153. The molecule has 1 aliphatic carbocycles. The van der Waals surface area contributed by atoms with Crippen molar-refractivity contribution in [3.05, 3.63) is 0 Å². The van der Waals surface area contributed by atoms with Gasteiger partial charge in [0.25, 0.3) is 0 Å². The zero-order chi connectivity index (χ0) is 11.9. The molecular weight excluding hydrogens is 299 g/mol. The number of rotatable bonds is 7. The molecule has 0 aromatic carbocycles. The Morgan fingerprint density at radius 2 is 1.19 bits per heavy atom. The van der Waals surface area contributed by atoms with Crippen LogP contribution in [0.3, 0.4) is 0 Å². The number of hydrogen-bond donors (Lipinski definition) is 0. The monoisotopic (exact) mass is 332 g/mol. The fourth-order valence-corrected chi connectivity index (χ4v) is 23.0. The van der Waals surface area contributed by atoms with Gasteiger partial charge in [0, 0.05) is 0 Å². The summed E-state index contributed by atoms with van der Waals surface area (Å²) in [4.78, 5) is 0. The molecule has 0 spiro atoms. The van der Waals surface area contributed by atoms with E-state index in [2.05, 4.69) is 20.8 Å². The summed E-state index contributed by atoms with van der Waals surface area (Å²) in [6.45, 7) is 7.29. The maximum atomic E-state index is 2.43. The molecule has 0 heterocycles. The Morgan fingerprint density at radius 3 is 1.56 bits per heavy atom. The van der Waals surface area contributed by atoms with Gasteiger partial charge >= 0.3 is 108 Å². The zero-order valence-electron chi connectivity index (χ0n) is 11.9. The Hall–Kier alpha value is 0.799. The Labute approximate surface area is 107 Å².